The van der Waals surface area contributed by atoms with E-state index in [-0.39, 0.29) is 43.3 Å². The highest BCUT2D eigenvalue weighted by molar-refractivity contribution is 6.01. The number of hydrogen-bond acceptors (Lipinski definition) is 7. The summed E-state index contributed by atoms with van der Waals surface area (Å²) in [6.07, 6.45) is 20.1. The molecule has 0 aromatic rings. The van der Waals surface area contributed by atoms with E-state index in [0.717, 1.165) is 32.1 Å². The smallest absolute Gasteiger partial charge is 0.334 e. The van der Waals surface area contributed by atoms with E-state index in [1.807, 2.05) is 20.8 Å². The lowest BCUT2D eigenvalue weighted by Crippen LogP contribution is -2.33. The Morgan fingerprint density at radius 3 is 1.45 bits per heavy atom. The molecule has 0 unspecified atom stereocenters. The fraction of sp³-hybridized carbons (Fsp3) is 0.839. The summed E-state index contributed by atoms with van der Waals surface area (Å²) in [5.41, 5.74) is -0.382. The van der Waals surface area contributed by atoms with Crippen molar-refractivity contribution in [2.24, 2.45) is 0 Å². The van der Waals surface area contributed by atoms with Crippen molar-refractivity contribution in [3.05, 3.63) is 0 Å². The van der Waals surface area contributed by atoms with Gasteiger partial charge in [0.15, 0.2) is 0 Å². The van der Waals surface area contributed by atoms with Gasteiger partial charge in [0.25, 0.3) is 11.8 Å². The number of carbonyl (C=O) groups is 5. The third-order valence-corrected chi connectivity index (χ3v) is 6.80. The van der Waals surface area contributed by atoms with E-state index in [2.05, 4.69) is 5.32 Å². The largest absolute Gasteiger partial charge is 0.460 e. The number of amides is 3. The van der Waals surface area contributed by atoms with Gasteiger partial charge in [-0.25, -0.2) is 4.79 Å². The number of nitrogens with one attached hydrogen (secondary N) is 1. The Bertz CT molecular complexity index is 760. The maximum Gasteiger partial charge on any atom is 0.334 e. The molecule has 0 aromatic carbocycles. The van der Waals surface area contributed by atoms with Gasteiger partial charge in [0, 0.05) is 32.2 Å². The Hall–Kier alpha value is -2.45. The van der Waals surface area contributed by atoms with E-state index in [1.165, 1.54) is 70.6 Å². The third-order valence-electron chi connectivity index (χ3n) is 6.80. The maximum atomic E-state index is 11.9. The van der Waals surface area contributed by atoms with E-state index in [1.54, 1.807) is 0 Å². The number of hydroxylamine groups is 2. The third kappa shape index (κ3) is 19.6. The minimum Gasteiger partial charge on any atom is -0.460 e. The molecule has 0 aromatic heterocycles. The zero-order valence-electron chi connectivity index (χ0n) is 25.4. The van der Waals surface area contributed by atoms with Gasteiger partial charge in [-0.05, 0) is 33.6 Å². The highest BCUT2D eigenvalue weighted by Gasteiger charge is 2.32. The topological polar surface area (TPSA) is 119 Å². The molecule has 1 aliphatic heterocycles. The number of unbranched alkanes of at least 4 members (excludes halogenated alkanes) is 15. The molecule has 1 rings (SSSR count). The highest BCUT2D eigenvalue weighted by atomic mass is 16.7. The van der Waals surface area contributed by atoms with Crippen LogP contribution in [0.1, 0.15) is 156 Å². The van der Waals surface area contributed by atoms with Crippen LogP contribution < -0.4 is 5.32 Å². The van der Waals surface area contributed by atoms with Gasteiger partial charge in [-0.1, -0.05) is 89.9 Å². The first-order valence-electron chi connectivity index (χ1n) is 15.6. The molecular weight excluding hydrogens is 512 g/mol. The first kappa shape index (κ1) is 35.6. The van der Waals surface area contributed by atoms with E-state index in [9.17, 15) is 24.0 Å². The van der Waals surface area contributed by atoms with Gasteiger partial charge < -0.3 is 14.9 Å². The second-order valence-corrected chi connectivity index (χ2v) is 11.9. The first-order chi connectivity index (χ1) is 19.1. The minimum absolute atomic E-state index is 0.0619. The maximum absolute atomic E-state index is 11.9. The van der Waals surface area contributed by atoms with E-state index < -0.39 is 17.8 Å². The standard InChI is InChI=1S/C31H54N2O7/c1-31(2,3)39-29(37)21-19-17-15-13-11-9-7-5-4-6-8-10-12-14-16-18-20-26(34)32-25-24-30(38)40-33-27(35)22-23-28(33)36/h4-25H2,1-3H3,(H,32,34). The van der Waals surface area contributed by atoms with Crippen LogP contribution in [0.4, 0.5) is 0 Å². The number of carbonyl (C=O) groups excluding carboxylic acids is 5. The molecular formula is C31H54N2O7. The normalized spacial score (nSPS) is 13.5. The molecule has 0 radical (unpaired) electrons. The molecule has 0 aliphatic carbocycles. The summed E-state index contributed by atoms with van der Waals surface area (Å²) in [4.78, 5) is 62.9. The van der Waals surface area contributed by atoms with Crippen molar-refractivity contribution in [1.29, 1.82) is 0 Å². The molecule has 40 heavy (non-hydrogen) atoms. The number of hydrogen-bond donors (Lipinski definition) is 1. The highest BCUT2D eigenvalue weighted by Crippen LogP contribution is 2.16. The van der Waals surface area contributed by atoms with Gasteiger partial charge in [0.05, 0.1) is 6.42 Å². The summed E-state index contributed by atoms with van der Waals surface area (Å²) in [5.74, 6) is -1.90. The van der Waals surface area contributed by atoms with Crippen LogP contribution in [0.5, 0.6) is 0 Å². The predicted molar refractivity (Wildman–Crippen MR) is 154 cm³/mol. The molecule has 1 saturated heterocycles. The van der Waals surface area contributed by atoms with Crippen molar-refractivity contribution in [2.45, 2.75) is 161 Å². The van der Waals surface area contributed by atoms with Crippen LogP contribution in [0.2, 0.25) is 0 Å². The summed E-state index contributed by atoms with van der Waals surface area (Å²) in [6.45, 7) is 5.85. The summed E-state index contributed by atoms with van der Waals surface area (Å²) < 4.78 is 5.33. The Kier molecular flexibility index (Phi) is 19.0. The number of imide groups is 1. The van der Waals surface area contributed by atoms with Crippen molar-refractivity contribution >= 4 is 29.7 Å². The van der Waals surface area contributed by atoms with Crippen molar-refractivity contribution < 1.29 is 33.5 Å². The van der Waals surface area contributed by atoms with E-state index >= 15 is 0 Å². The van der Waals surface area contributed by atoms with Gasteiger partial charge in [0.2, 0.25) is 5.91 Å². The average Bonchev–Trinajstić information content (AvgIpc) is 3.19. The molecule has 0 atom stereocenters. The quantitative estimate of drug-likeness (QED) is 0.0856. The van der Waals surface area contributed by atoms with Crippen molar-refractivity contribution in [3.8, 4) is 0 Å². The Balaban J connectivity index is 1.78. The molecule has 1 N–H and O–H groups in total. The van der Waals surface area contributed by atoms with E-state index in [4.69, 9.17) is 9.57 Å². The van der Waals surface area contributed by atoms with Crippen LogP contribution in [-0.4, -0.2) is 46.9 Å². The van der Waals surface area contributed by atoms with Crippen molar-refractivity contribution in [3.63, 3.8) is 0 Å². The Morgan fingerprint density at radius 1 is 0.625 bits per heavy atom. The van der Waals surface area contributed by atoms with Crippen LogP contribution in [-0.2, 0) is 33.5 Å². The number of ether oxygens (including phenoxy) is 1. The summed E-state index contributed by atoms with van der Waals surface area (Å²) in [5, 5.41) is 3.20. The predicted octanol–water partition coefficient (Wildman–Crippen LogP) is 6.46. The lowest BCUT2D eigenvalue weighted by Gasteiger charge is -2.19. The first-order valence-corrected chi connectivity index (χ1v) is 15.6. The zero-order valence-corrected chi connectivity index (χ0v) is 25.4. The van der Waals surface area contributed by atoms with Crippen LogP contribution in [0.15, 0.2) is 0 Å². The molecule has 1 aliphatic rings. The zero-order chi connectivity index (χ0) is 29.6. The lowest BCUT2D eigenvalue weighted by atomic mass is 10.0. The summed E-state index contributed by atoms with van der Waals surface area (Å²) in [6, 6.07) is 0. The van der Waals surface area contributed by atoms with Gasteiger partial charge in [-0.15, -0.1) is 5.06 Å². The number of esters is 1. The second kappa shape index (κ2) is 21.3. The lowest BCUT2D eigenvalue weighted by molar-refractivity contribution is -0.197. The van der Waals surface area contributed by atoms with Crippen molar-refractivity contribution in [2.75, 3.05) is 6.54 Å². The summed E-state index contributed by atoms with van der Waals surface area (Å²) in [7, 11) is 0. The molecule has 0 spiro atoms. The molecule has 0 saturated carbocycles. The van der Waals surface area contributed by atoms with Crippen molar-refractivity contribution in [1.82, 2.24) is 10.4 Å². The van der Waals surface area contributed by atoms with Gasteiger partial charge in [-0.3, -0.25) is 19.2 Å². The Labute approximate surface area is 241 Å². The van der Waals surface area contributed by atoms with Crippen LogP contribution in [0, 0.1) is 0 Å². The van der Waals surface area contributed by atoms with Gasteiger partial charge >= 0.3 is 11.9 Å². The van der Waals surface area contributed by atoms with E-state index in [0.29, 0.717) is 17.9 Å². The Morgan fingerprint density at radius 2 is 1.02 bits per heavy atom. The van der Waals surface area contributed by atoms with Crippen LogP contribution in [0.25, 0.3) is 0 Å². The molecule has 9 nitrogen and oxygen atoms in total. The SMILES string of the molecule is CC(C)(C)OC(=O)CCCCCCCCCCCCCCCCCCC(=O)NCCC(=O)ON1C(=O)CCC1=O. The van der Waals surface area contributed by atoms with Crippen LogP contribution >= 0.6 is 0 Å². The van der Waals surface area contributed by atoms with Crippen LogP contribution in [0.3, 0.4) is 0 Å². The second-order valence-electron chi connectivity index (χ2n) is 11.9. The summed E-state index contributed by atoms with van der Waals surface area (Å²) >= 11 is 0. The molecule has 230 valence electrons. The molecule has 1 fully saturated rings. The number of nitrogens with zero attached hydrogens (tertiary/aromatic N) is 1. The number of rotatable bonds is 23. The van der Waals surface area contributed by atoms with Gasteiger partial charge in [0.1, 0.15) is 5.60 Å². The fourth-order valence-corrected chi connectivity index (χ4v) is 4.62. The van der Waals surface area contributed by atoms with Gasteiger partial charge in [-0.2, -0.15) is 0 Å². The minimum atomic E-state index is -0.705. The molecule has 9 heteroatoms. The molecule has 3 amide bonds. The molecule has 1 heterocycles. The average molecular weight is 567 g/mol. The molecule has 0 bridgehead atoms. The fourth-order valence-electron chi connectivity index (χ4n) is 4.62. The monoisotopic (exact) mass is 566 g/mol.